The van der Waals surface area contributed by atoms with Crippen LogP contribution in [0.3, 0.4) is 0 Å². The topological polar surface area (TPSA) is 65.5 Å². The van der Waals surface area contributed by atoms with Crippen molar-refractivity contribution in [2.45, 2.75) is 19.8 Å². The second-order valence-electron chi connectivity index (χ2n) is 3.55. The molecule has 0 aliphatic carbocycles. The van der Waals surface area contributed by atoms with Crippen LogP contribution < -0.4 is 0 Å². The molecule has 0 amide bonds. The van der Waals surface area contributed by atoms with Crippen molar-refractivity contribution in [3.05, 3.63) is 29.1 Å². The molecule has 0 atom stereocenters. The zero-order chi connectivity index (χ0) is 12.8. The van der Waals surface area contributed by atoms with Gasteiger partial charge in [0.05, 0.1) is 19.8 Å². The van der Waals surface area contributed by atoms with Crippen molar-refractivity contribution in [1.29, 1.82) is 0 Å². The maximum absolute atomic E-state index is 11.5. The Balaban J connectivity index is 2.91. The van der Waals surface area contributed by atoms with Gasteiger partial charge < -0.3 is 9.47 Å². The highest BCUT2D eigenvalue weighted by Gasteiger charge is 2.13. The summed E-state index contributed by atoms with van der Waals surface area (Å²) in [4.78, 5) is 26.6. The van der Waals surface area contributed by atoms with E-state index in [-0.39, 0.29) is 12.4 Å². The van der Waals surface area contributed by atoms with Crippen molar-refractivity contribution in [2.75, 3.05) is 14.2 Å². The van der Waals surface area contributed by atoms with Gasteiger partial charge in [0.25, 0.3) is 0 Å². The maximum Gasteiger partial charge on any atom is 0.339 e. The quantitative estimate of drug-likeness (QED) is 0.738. The van der Waals surface area contributed by atoms with Crippen molar-refractivity contribution in [3.63, 3.8) is 0 Å². The summed E-state index contributed by atoms with van der Waals surface area (Å²) in [5.41, 5.74) is 1.93. The molecule has 0 aromatic carbocycles. The van der Waals surface area contributed by atoms with Crippen molar-refractivity contribution in [1.82, 2.24) is 4.98 Å². The Morgan fingerprint density at radius 3 is 2.59 bits per heavy atom. The molecule has 5 heteroatoms. The molecule has 1 aromatic heterocycles. The van der Waals surface area contributed by atoms with Crippen LogP contribution in [-0.2, 0) is 20.7 Å². The second kappa shape index (κ2) is 5.98. The summed E-state index contributed by atoms with van der Waals surface area (Å²) in [7, 11) is 2.65. The highest BCUT2D eigenvalue weighted by Crippen LogP contribution is 2.13. The van der Waals surface area contributed by atoms with Gasteiger partial charge in [-0.05, 0) is 25.0 Å². The van der Waals surface area contributed by atoms with E-state index in [2.05, 4.69) is 14.5 Å². The van der Waals surface area contributed by atoms with Gasteiger partial charge in [0, 0.05) is 18.3 Å². The van der Waals surface area contributed by atoms with Crippen molar-refractivity contribution in [3.8, 4) is 0 Å². The fourth-order valence-corrected chi connectivity index (χ4v) is 1.46. The number of aromatic nitrogens is 1. The van der Waals surface area contributed by atoms with E-state index in [1.54, 1.807) is 6.07 Å². The maximum atomic E-state index is 11.5. The predicted octanol–water partition coefficient (Wildman–Crippen LogP) is 1.28. The Bertz CT molecular complexity index is 429. The van der Waals surface area contributed by atoms with Crippen molar-refractivity contribution >= 4 is 11.9 Å². The summed E-state index contributed by atoms with van der Waals surface area (Å²) in [6, 6.07) is 1.77. The van der Waals surface area contributed by atoms with Gasteiger partial charge in [-0.25, -0.2) is 4.79 Å². The minimum atomic E-state index is -0.447. The molecular weight excluding hydrogens is 222 g/mol. The van der Waals surface area contributed by atoms with Crippen LogP contribution in [0.25, 0.3) is 0 Å². The third kappa shape index (κ3) is 3.55. The number of aryl methyl sites for hydroxylation is 2. The zero-order valence-corrected chi connectivity index (χ0v) is 10.1. The van der Waals surface area contributed by atoms with Crippen LogP contribution in [0.15, 0.2) is 12.3 Å². The van der Waals surface area contributed by atoms with Gasteiger partial charge in [0.2, 0.25) is 0 Å². The molecule has 0 aliphatic heterocycles. The lowest BCUT2D eigenvalue weighted by molar-refractivity contribution is -0.140. The number of nitrogens with zero attached hydrogens (tertiary/aromatic N) is 1. The lowest BCUT2D eigenvalue weighted by Gasteiger charge is -2.07. The molecule has 1 heterocycles. The molecule has 0 fully saturated rings. The first-order valence-corrected chi connectivity index (χ1v) is 5.19. The van der Waals surface area contributed by atoms with Crippen LogP contribution in [0.1, 0.15) is 28.0 Å². The first-order chi connectivity index (χ1) is 8.08. The zero-order valence-electron chi connectivity index (χ0n) is 10.1. The minimum Gasteiger partial charge on any atom is -0.469 e. The van der Waals surface area contributed by atoms with E-state index in [0.717, 1.165) is 11.3 Å². The second-order valence-corrected chi connectivity index (χ2v) is 3.55. The van der Waals surface area contributed by atoms with Crippen LogP contribution in [0.2, 0.25) is 0 Å². The van der Waals surface area contributed by atoms with Gasteiger partial charge in [-0.2, -0.15) is 0 Å². The molecule has 5 nitrogen and oxygen atoms in total. The van der Waals surface area contributed by atoms with Crippen LogP contribution in [0.4, 0.5) is 0 Å². The van der Waals surface area contributed by atoms with E-state index >= 15 is 0 Å². The average Bonchev–Trinajstić information content (AvgIpc) is 2.35. The van der Waals surface area contributed by atoms with Crippen LogP contribution in [-0.4, -0.2) is 31.1 Å². The smallest absolute Gasteiger partial charge is 0.339 e. The molecule has 0 saturated carbocycles. The first kappa shape index (κ1) is 13.2. The normalized spacial score (nSPS) is 9.82. The number of ether oxygens (including phenoxy) is 2. The molecule has 0 spiro atoms. The van der Waals surface area contributed by atoms with Crippen LogP contribution in [0, 0.1) is 6.92 Å². The number of methoxy groups -OCH3 is 2. The number of esters is 2. The van der Waals surface area contributed by atoms with Gasteiger partial charge >= 0.3 is 11.9 Å². The summed E-state index contributed by atoms with van der Waals surface area (Å²) in [5, 5.41) is 0. The minimum absolute atomic E-state index is 0.226. The van der Waals surface area contributed by atoms with E-state index in [4.69, 9.17) is 0 Å². The molecule has 0 radical (unpaired) electrons. The lowest BCUT2D eigenvalue weighted by atomic mass is 10.0. The molecule has 17 heavy (non-hydrogen) atoms. The Morgan fingerprint density at radius 1 is 1.29 bits per heavy atom. The van der Waals surface area contributed by atoms with E-state index in [9.17, 15) is 9.59 Å². The SMILES string of the molecule is COC(=O)CCc1cc(C)ncc1C(=O)OC. The number of rotatable bonds is 4. The first-order valence-electron chi connectivity index (χ1n) is 5.19. The summed E-state index contributed by atoms with van der Waals surface area (Å²) >= 11 is 0. The molecule has 1 rings (SSSR count). The van der Waals surface area contributed by atoms with Gasteiger partial charge in [-0.1, -0.05) is 0 Å². The van der Waals surface area contributed by atoms with E-state index in [1.165, 1.54) is 20.4 Å². The third-order valence-electron chi connectivity index (χ3n) is 2.36. The summed E-state index contributed by atoms with van der Waals surface area (Å²) in [5.74, 6) is -0.757. The Hall–Kier alpha value is -1.91. The number of hydrogen-bond acceptors (Lipinski definition) is 5. The summed E-state index contributed by atoms with van der Waals surface area (Å²) in [6.07, 6.45) is 2.12. The molecule has 0 N–H and O–H groups in total. The molecule has 0 aliphatic rings. The van der Waals surface area contributed by atoms with Gasteiger partial charge in [-0.3, -0.25) is 9.78 Å². The van der Waals surface area contributed by atoms with Crippen LogP contribution in [0.5, 0.6) is 0 Å². The highest BCUT2D eigenvalue weighted by atomic mass is 16.5. The molecule has 1 aromatic rings. The van der Waals surface area contributed by atoms with Gasteiger partial charge in [0.1, 0.15) is 0 Å². The highest BCUT2D eigenvalue weighted by molar-refractivity contribution is 5.90. The molecule has 0 bridgehead atoms. The number of carbonyl (C=O) groups is 2. The molecule has 0 saturated heterocycles. The largest absolute Gasteiger partial charge is 0.469 e. The van der Waals surface area contributed by atoms with E-state index in [0.29, 0.717) is 12.0 Å². The number of carbonyl (C=O) groups excluding carboxylic acids is 2. The standard InChI is InChI=1S/C12H15NO4/c1-8-6-9(4-5-11(14)16-2)10(7-13-8)12(15)17-3/h6-7H,4-5H2,1-3H3. The van der Waals surface area contributed by atoms with Crippen molar-refractivity contribution < 1.29 is 19.1 Å². The lowest BCUT2D eigenvalue weighted by Crippen LogP contribution is -2.09. The molecular formula is C12H15NO4. The van der Waals surface area contributed by atoms with Crippen molar-refractivity contribution in [2.24, 2.45) is 0 Å². The average molecular weight is 237 g/mol. The number of hydrogen-bond donors (Lipinski definition) is 0. The van der Waals surface area contributed by atoms with E-state index in [1.807, 2.05) is 6.92 Å². The summed E-state index contributed by atoms with van der Waals surface area (Å²) in [6.45, 7) is 1.82. The van der Waals surface area contributed by atoms with Crippen LogP contribution >= 0.6 is 0 Å². The Labute approximate surface area is 99.8 Å². The third-order valence-corrected chi connectivity index (χ3v) is 2.36. The van der Waals surface area contributed by atoms with E-state index < -0.39 is 5.97 Å². The summed E-state index contributed by atoms with van der Waals surface area (Å²) < 4.78 is 9.21. The Morgan fingerprint density at radius 2 is 2.00 bits per heavy atom. The fourth-order valence-electron chi connectivity index (χ4n) is 1.46. The van der Waals surface area contributed by atoms with Gasteiger partial charge in [-0.15, -0.1) is 0 Å². The monoisotopic (exact) mass is 237 g/mol. The van der Waals surface area contributed by atoms with Gasteiger partial charge in [0.15, 0.2) is 0 Å². The molecule has 0 unspecified atom stereocenters. The molecule has 92 valence electrons. The number of pyridine rings is 1. The fraction of sp³-hybridized carbons (Fsp3) is 0.417. The predicted molar refractivity (Wildman–Crippen MR) is 60.7 cm³/mol. The Kier molecular flexibility index (Phi) is 4.63.